The van der Waals surface area contributed by atoms with Crippen LogP contribution in [-0.4, -0.2) is 21.4 Å². The summed E-state index contributed by atoms with van der Waals surface area (Å²) >= 11 is 1.84. The predicted octanol–water partition coefficient (Wildman–Crippen LogP) is 6.65. The van der Waals surface area contributed by atoms with Crippen LogP contribution in [0.5, 0.6) is 0 Å². The molecule has 6 heteroatoms. The molecule has 180 valence electrons. The van der Waals surface area contributed by atoms with E-state index in [-0.39, 0.29) is 5.57 Å². The molecule has 1 aromatic heterocycles. The maximum absolute atomic E-state index is 12.8. The van der Waals surface area contributed by atoms with Gasteiger partial charge >= 0.3 is 0 Å². The van der Waals surface area contributed by atoms with Gasteiger partial charge in [-0.3, -0.25) is 4.79 Å². The van der Waals surface area contributed by atoms with Crippen molar-refractivity contribution < 1.29 is 4.79 Å². The zero-order valence-electron chi connectivity index (χ0n) is 20.2. The number of carbonyl (C=O) groups is 1. The fourth-order valence-electron chi connectivity index (χ4n) is 3.65. The first-order valence-corrected chi connectivity index (χ1v) is 13.0. The quantitative estimate of drug-likeness (QED) is 0.116. The van der Waals surface area contributed by atoms with Crippen LogP contribution < -0.4 is 5.32 Å². The number of nitrogens with zero attached hydrogens (tertiary/aromatic N) is 3. The molecule has 4 rings (SSSR count). The first kappa shape index (κ1) is 25.0. The molecule has 0 saturated carbocycles. The van der Waals surface area contributed by atoms with E-state index in [4.69, 9.17) is 5.10 Å². The normalized spacial score (nSPS) is 11.2. The second-order valence-electron chi connectivity index (χ2n) is 8.28. The lowest BCUT2D eigenvalue weighted by atomic mass is 10.1. The average Bonchev–Trinajstić information content (AvgIpc) is 3.36. The van der Waals surface area contributed by atoms with Crippen molar-refractivity contribution in [1.82, 2.24) is 15.1 Å². The first-order chi connectivity index (χ1) is 17.7. The maximum Gasteiger partial charge on any atom is 0.262 e. The van der Waals surface area contributed by atoms with E-state index < -0.39 is 5.91 Å². The van der Waals surface area contributed by atoms with Gasteiger partial charge in [-0.05, 0) is 48.1 Å². The number of benzene rings is 3. The molecular weight excluding hydrogens is 464 g/mol. The summed E-state index contributed by atoms with van der Waals surface area (Å²) < 4.78 is 1.78. The summed E-state index contributed by atoms with van der Waals surface area (Å²) in [7, 11) is 0. The SMILES string of the molecule is CCCCSc1ccc(-c2nn(-c3ccccc3)cc2C=C(C#N)C(=O)NCc2ccccc2)cc1. The Balaban J connectivity index is 1.64. The standard InChI is InChI=1S/C30H28N4OS/c1-2-3-18-36-28-16-14-24(15-17-28)29-26(22-34(33-29)27-12-8-5-9-13-27)19-25(20-31)30(35)32-21-23-10-6-4-7-11-23/h4-17,19,22H,2-3,18,21H2,1H3,(H,32,35). The number of thioether (sulfide) groups is 1. The minimum atomic E-state index is -0.414. The molecule has 1 heterocycles. The van der Waals surface area contributed by atoms with Crippen molar-refractivity contribution in [3.63, 3.8) is 0 Å². The van der Waals surface area contributed by atoms with Gasteiger partial charge in [-0.2, -0.15) is 10.4 Å². The minimum Gasteiger partial charge on any atom is -0.347 e. The molecule has 0 aliphatic carbocycles. The summed E-state index contributed by atoms with van der Waals surface area (Å²) in [5.41, 5.74) is 4.25. The van der Waals surface area contributed by atoms with Crippen molar-refractivity contribution in [3.05, 3.63) is 108 Å². The van der Waals surface area contributed by atoms with E-state index in [1.165, 1.54) is 17.7 Å². The molecule has 3 aromatic carbocycles. The summed E-state index contributed by atoms with van der Waals surface area (Å²) in [6.07, 6.45) is 5.84. The summed E-state index contributed by atoms with van der Waals surface area (Å²) in [6, 6.07) is 29.8. The largest absolute Gasteiger partial charge is 0.347 e. The van der Waals surface area contributed by atoms with E-state index in [1.54, 1.807) is 10.8 Å². The smallest absolute Gasteiger partial charge is 0.262 e. The topological polar surface area (TPSA) is 70.7 Å². The van der Waals surface area contributed by atoms with Crippen molar-refractivity contribution in [2.45, 2.75) is 31.2 Å². The number of hydrogen-bond acceptors (Lipinski definition) is 4. The van der Waals surface area contributed by atoms with E-state index in [1.807, 2.05) is 90.8 Å². The highest BCUT2D eigenvalue weighted by Gasteiger charge is 2.15. The zero-order chi connectivity index (χ0) is 25.2. The minimum absolute atomic E-state index is 0.0338. The first-order valence-electron chi connectivity index (χ1n) is 12.0. The second-order valence-corrected chi connectivity index (χ2v) is 9.45. The zero-order valence-corrected chi connectivity index (χ0v) is 21.0. The highest BCUT2D eigenvalue weighted by molar-refractivity contribution is 7.99. The van der Waals surface area contributed by atoms with E-state index in [2.05, 4.69) is 30.4 Å². The van der Waals surface area contributed by atoms with Crippen LogP contribution in [0.2, 0.25) is 0 Å². The van der Waals surface area contributed by atoms with Crippen molar-refractivity contribution >= 4 is 23.7 Å². The van der Waals surface area contributed by atoms with Crippen LogP contribution in [0.4, 0.5) is 0 Å². The number of carbonyl (C=O) groups excluding carboxylic acids is 1. The highest BCUT2D eigenvalue weighted by atomic mass is 32.2. The number of hydrogen-bond donors (Lipinski definition) is 1. The number of rotatable bonds is 10. The lowest BCUT2D eigenvalue weighted by molar-refractivity contribution is -0.117. The molecule has 0 saturated heterocycles. The molecule has 0 atom stereocenters. The Morgan fingerprint density at radius 3 is 2.39 bits per heavy atom. The molecule has 0 bridgehead atoms. The summed E-state index contributed by atoms with van der Waals surface area (Å²) in [5.74, 6) is 0.679. The number of aromatic nitrogens is 2. The third-order valence-corrected chi connectivity index (χ3v) is 6.72. The van der Waals surface area contributed by atoms with Crippen LogP contribution in [0.25, 0.3) is 23.0 Å². The molecule has 36 heavy (non-hydrogen) atoms. The maximum atomic E-state index is 12.8. The Labute approximate surface area is 216 Å². The van der Waals surface area contributed by atoms with E-state index in [0.29, 0.717) is 17.8 Å². The van der Waals surface area contributed by atoms with Crippen molar-refractivity contribution in [1.29, 1.82) is 5.26 Å². The van der Waals surface area contributed by atoms with E-state index >= 15 is 0 Å². The molecule has 1 amide bonds. The molecular formula is C30H28N4OS. The van der Waals surface area contributed by atoms with Gasteiger partial charge in [-0.25, -0.2) is 4.68 Å². The Hall–Kier alpha value is -4.08. The summed E-state index contributed by atoms with van der Waals surface area (Å²) in [4.78, 5) is 14.0. The molecule has 0 aliphatic heterocycles. The predicted molar refractivity (Wildman–Crippen MR) is 147 cm³/mol. The molecule has 0 unspecified atom stereocenters. The number of nitriles is 1. The fraction of sp³-hybridized carbons (Fsp3) is 0.167. The van der Waals surface area contributed by atoms with E-state index in [0.717, 1.165) is 22.6 Å². The van der Waals surface area contributed by atoms with Gasteiger partial charge in [-0.15, -0.1) is 11.8 Å². The summed E-state index contributed by atoms with van der Waals surface area (Å²) in [6.45, 7) is 2.55. The fourth-order valence-corrected chi connectivity index (χ4v) is 4.65. The van der Waals surface area contributed by atoms with Crippen molar-refractivity contribution in [2.75, 3.05) is 5.75 Å². The van der Waals surface area contributed by atoms with Crippen LogP contribution in [0.15, 0.2) is 102 Å². The summed E-state index contributed by atoms with van der Waals surface area (Å²) in [5, 5.41) is 17.4. The molecule has 0 fully saturated rings. The van der Waals surface area contributed by atoms with Gasteiger partial charge in [-0.1, -0.05) is 74.0 Å². The monoisotopic (exact) mass is 492 g/mol. The van der Waals surface area contributed by atoms with Crippen molar-refractivity contribution in [2.24, 2.45) is 0 Å². The molecule has 5 nitrogen and oxygen atoms in total. The Bertz CT molecular complexity index is 1350. The van der Waals surface area contributed by atoms with Gasteiger partial charge in [0.05, 0.1) is 11.4 Å². The van der Waals surface area contributed by atoms with Crippen LogP contribution in [0.1, 0.15) is 30.9 Å². The van der Waals surface area contributed by atoms with Crippen LogP contribution in [0.3, 0.4) is 0 Å². The van der Waals surface area contributed by atoms with Gasteiger partial charge in [0.1, 0.15) is 11.6 Å². The number of nitrogens with one attached hydrogen (secondary N) is 1. The Morgan fingerprint density at radius 1 is 1.03 bits per heavy atom. The number of unbranched alkanes of at least 4 members (excludes halogenated alkanes) is 1. The molecule has 0 aliphatic rings. The van der Waals surface area contributed by atoms with Gasteiger partial charge < -0.3 is 5.32 Å². The lowest BCUT2D eigenvalue weighted by Gasteiger charge is -2.05. The Kier molecular flexibility index (Phi) is 8.74. The van der Waals surface area contributed by atoms with Crippen LogP contribution in [0, 0.1) is 11.3 Å². The number of para-hydroxylation sites is 1. The van der Waals surface area contributed by atoms with Gasteiger partial charge in [0.2, 0.25) is 0 Å². The molecule has 0 spiro atoms. The van der Waals surface area contributed by atoms with E-state index in [9.17, 15) is 10.1 Å². The molecule has 0 radical (unpaired) electrons. The molecule has 1 N–H and O–H groups in total. The second kappa shape index (κ2) is 12.6. The van der Waals surface area contributed by atoms with Gasteiger partial charge in [0, 0.05) is 28.8 Å². The third kappa shape index (κ3) is 6.53. The van der Waals surface area contributed by atoms with Crippen LogP contribution >= 0.6 is 11.8 Å². The third-order valence-electron chi connectivity index (χ3n) is 5.62. The molecule has 4 aromatic rings. The highest BCUT2D eigenvalue weighted by Crippen LogP contribution is 2.28. The number of amides is 1. The van der Waals surface area contributed by atoms with Crippen LogP contribution in [-0.2, 0) is 11.3 Å². The lowest BCUT2D eigenvalue weighted by Crippen LogP contribution is -2.23. The Morgan fingerprint density at radius 2 is 1.72 bits per heavy atom. The van der Waals surface area contributed by atoms with Gasteiger partial charge in [0.25, 0.3) is 5.91 Å². The average molecular weight is 493 g/mol. The van der Waals surface area contributed by atoms with Gasteiger partial charge in [0.15, 0.2) is 0 Å². The van der Waals surface area contributed by atoms with Crippen molar-refractivity contribution in [3.8, 4) is 23.0 Å².